The summed E-state index contributed by atoms with van der Waals surface area (Å²) in [6.45, 7) is 0. The lowest BCUT2D eigenvalue weighted by atomic mass is 10.1. The fourth-order valence-electron chi connectivity index (χ4n) is 1.46. The van der Waals surface area contributed by atoms with Gasteiger partial charge in [-0.05, 0) is 12.1 Å². The second-order valence-corrected chi connectivity index (χ2v) is 4.45. The van der Waals surface area contributed by atoms with E-state index in [4.69, 9.17) is 5.73 Å². The lowest BCUT2D eigenvalue weighted by Crippen LogP contribution is -2.17. The van der Waals surface area contributed by atoms with Gasteiger partial charge in [0.2, 0.25) is 0 Å². The van der Waals surface area contributed by atoms with E-state index in [0.717, 1.165) is 23.5 Å². The Morgan fingerprint density at radius 1 is 1.37 bits per heavy atom. The SMILES string of the molecule is Nc1c(C(=O)Nc2nccs2)cccc1C(F)(F)F. The van der Waals surface area contributed by atoms with Gasteiger partial charge in [-0.1, -0.05) is 6.07 Å². The predicted molar refractivity (Wildman–Crippen MR) is 65.9 cm³/mol. The third kappa shape index (κ3) is 2.84. The zero-order valence-electron chi connectivity index (χ0n) is 9.36. The summed E-state index contributed by atoms with van der Waals surface area (Å²) in [5.74, 6) is -0.724. The van der Waals surface area contributed by atoms with E-state index in [1.54, 1.807) is 5.38 Å². The predicted octanol–water partition coefficient (Wildman–Crippen LogP) is 3.00. The molecular formula is C11H8F3N3OS. The molecule has 2 rings (SSSR count). The third-order valence-corrected chi connectivity index (χ3v) is 3.00. The number of amides is 1. The number of carbonyl (C=O) groups is 1. The Morgan fingerprint density at radius 2 is 2.11 bits per heavy atom. The van der Waals surface area contributed by atoms with Gasteiger partial charge in [0.05, 0.1) is 16.8 Å². The summed E-state index contributed by atoms with van der Waals surface area (Å²) in [6, 6.07) is 3.19. The highest BCUT2D eigenvalue weighted by molar-refractivity contribution is 7.13. The van der Waals surface area contributed by atoms with E-state index < -0.39 is 23.3 Å². The minimum atomic E-state index is -4.60. The first-order chi connectivity index (χ1) is 8.89. The molecule has 0 aliphatic heterocycles. The molecule has 2 aromatic rings. The van der Waals surface area contributed by atoms with Crippen molar-refractivity contribution in [2.75, 3.05) is 11.1 Å². The van der Waals surface area contributed by atoms with Crippen molar-refractivity contribution in [1.29, 1.82) is 0 Å². The van der Waals surface area contributed by atoms with E-state index in [9.17, 15) is 18.0 Å². The van der Waals surface area contributed by atoms with Crippen LogP contribution in [0.3, 0.4) is 0 Å². The summed E-state index contributed by atoms with van der Waals surface area (Å²) < 4.78 is 37.9. The van der Waals surface area contributed by atoms with E-state index in [-0.39, 0.29) is 5.56 Å². The molecule has 0 atom stereocenters. The molecule has 3 N–H and O–H groups in total. The summed E-state index contributed by atoms with van der Waals surface area (Å²) in [6.07, 6.45) is -3.13. The molecule has 4 nitrogen and oxygen atoms in total. The highest BCUT2D eigenvalue weighted by Crippen LogP contribution is 2.35. The molecule has 19 heavy (non-hydrogen) atoms. The van der Waals surface area contributed by atoms with Gasteiger partial charge in [0.15, 0.2) is 5.13 Å². The van der Waals surface area contributed by atoms with Crippen LogP contribution in [0.15, 0.2) is 29.8 Å². The van der Waals surface area contributed by atoms with Crippen molar-refractivity contribution in [2.45, 2.75) is 6.18 Å². The van der Waals surface area contributed by atoms with Gasteiger partial charge in [-0.3, -0.25) is 10.1 Å². The second kappa shape index (κ2) is 4.88. The molecule has 1 amide bonds. The van der Waals surface area contributed by atoms with Crippen molar-refractivity contribution >= 4 is 28.1 Å². The number of alkyl halides is 3. The Labute approximate surface area is 110 Å². The van der Waals surface area contributed by atoms with Crippen LogP contribution in [0.1, 0.15) is 15.9 Å². The van der Waals surface area contributed by atoms with Crippen molar-refractivity contribution in [3.8, 4) is 0 Å². The molecule has 0 fully saturated rings. The number of halogens is 3. The van der Waals surface area contributed by atoms with Crippen LogP contribution in [0.2, 0.25) is 0 Å². The molecule has 1 aromatic carbocycles. The number of para-hydroxylation sites is 1. The van der Waals surface area contributed by atoms with Crippen LogP contribution in [0, 0.1) is 0 Å². The number of thiazole rings is 1. The number of carbonyl (C=O) groups excluding carboxylic acids is 1. The fraction of sp³-hybridized carbons (Fsp3) is 0.0909. The summed E-state index contributed by atoms with van der Waals surface area (Å²) in [7, 11) is 0. The third-order valence-electron chi connectivity index (χ3n) is 2.31. The minimum Gasteiger partial charge on any atom is -0.398 e. The smallest absolute Gasteiger partial charge is 0.398 e. The molecule has 1 heterocycles. The van der Waals surface area contributed by atoms with Crippen LogP contribution >= 0.6 is 11.3 Å². The lowest BCUT2D eigenvalue weighted by Gasteiger charge is -2.12. The normalized spacial score (nSPS) is 11.3. The van der Waals surface area contributed by atoms with Crippen molar-refractivity contribution < 1.29 is 18.0 Å². The maximum Gasteiger partial charge on any atom is 0.418 e. The Hall–Kier alpha value is -2.09. The molecule has 0 bridgehead atoms. The summed E-state index contributed by atoms with van der Waals surface area (Å²) in [5.41, 5.74) is 3.55. The van der Waals surface area contributed by atoms with E-state index in [1.807, 2.05) is 0 Å². The highest BCUT2D eigenvalue weighted by atomic mass is 32.1. The van der Waals surface area contributed by atoms with E-state index in [1.165, 1.54) is 12.3 Å². The van der Waals surface area contributed by atoms with Crippen LogP contribution in [0.4, 0.5) is 24.0 Å². The highest BCUT2D eigenvalue weighted by Gasteiger charge is 2.34. The van der Waals surface area contributed by atoms with Gasteiger partial charge in [0.1, 0.15) is 0 Å². The molecule has 0 radical (unpaired) electrons. The molecule has 0 aliphatic rings. The topological polar surface area (TPSA) is 68.0 Å². The van der Waals surface area contributed by atoms with E-state index in [2.05, 4.69) is 10.3 Å². The first-order valence-corrected chi connectivity index (χ1v) is 5.94. The monoisotopic (exact) mass is 287 g/mol. The Bertz CT molecular complexity index is 596. The Kier molecular flexibility index (Phi) is 3.43. The van der Waals surface area contributed by atoms with Crippen molar-refractivity contribution in [3.05, 3.63) is 40.9 Å². The molecular weight excluding hydrogens is 279 g/mol. The molecule has 0 aliphatic carbocycles. The number of anilines is 2. The summed E-state index contributed by atoms with van der Waals surface area (Å²) >= 11 is 1.16. The maximum absolute atomic E-state index is 12.6. The quantitative estimate of drug-likeness (QED) is 0.834. The van der Waals surface area contributed by atoms with Gasteiger partial charge >= 0.3 is 6.18 Å². The Balaban J connectivity index is 2.33. The van der Waals surface area contributed by atoms with E-state index >= 15 is 0 Å². The standard InChI is InChI=1S/C11H8F3N3OS/c12-11(13,14)7-3-1-2-6(8(7)15)9(18)17-10-16-4-5-19-10/h1-5H,15H2,(H,16,17,18). The molecule has 0 unspecified atom stereocenters. The van der Waals surface area contributed by atoms with Crippen molar-refractivity contribution in [2.24, 2.45) is 0 Å². The van der Waals surface area contributed by atoms with Crippen LogP contribution in [-0.4, -0.2) is 10.9 Å². The zero-order valence-corrected chi connectivity index (χ0v) is 10.2. The average Bonchev–Trinajstić information content (AvgIpc) is 2.80. The van der Waals surface area contributed by atoms with Crippen LogP contribution in [0.5, 0.6) is 0 Å². The number of benzene rings is 1. The van der Waals surface area contributed by atoms with Gasteiger partial charge in [0.25, 0.3) is 5.91 Å². The number of nitrogen functional groups attached to an aromatic ring is 1. The van der Waals surface area contributed by atoms with Crippen molar-refractivity contribution in [1.82, 2.24) is 4.98 Å². The van der Waals surface area contributed by atoms with Crippen LogP contribution in [0.25, 0.3) is 0 Å². The summed E-state index contributed by atoms with van der Waals surface area (Å²) in [4.78, 5) is 15.6. The largest absolute Gasteiger partial charge is 0.418 e. The van der Waals surface area contributed by atoms with Gasteiger partial charge in [-0.2, -0.15) is 13.2 Å². The van der Waals surface area contributed by atoms with Gasteiger partial charge in [-0.25, -0.2) is 4.98 Å². The van der Waals surface area contributed by atoms with Crippen molar-refractivity contribution in [3.63, 3.8) is 0 Å². The molecule has 1 aromatic heterocycles. The van der Waals surface area contributed by atoms with E-state index in [0.29, 0.717) is 5.13 Å². The lowest BCUT2D eigenvalue weighted by molar-refractivity contribution is -0.136. The molecule has 0 spiro atoms. The number of hydrogen-bond acceptors (Lipinski definition) is 4. The van der Waals surface area contributed by atoms with Crippen LogP contribution in [-0.2, 0) is 6.18 Å². The number of aromatic nitrogens is 1. The first-order valence-electron chi connectivity index (χ1n) is 5.06. The zero-order chi connectivity index (χ0) is 14.0. The maximum atomic E-state index is 12.6. The molecule has 8 heteroatoms. The van der Waals surface area contributed by atoms with Gasteiger partial charge in [-0.15, -0.1) is 11.3 Å². The molecule has 0 saturated carbocycles. The number of nitrogens with one attached hydrogen (secondary N) is 1. The molecule has 100 valence electrons. The molecule has 0 saturated heterocycles. The second-order valence-electron chi connectivity index (χ2n) is 3.56. The number of rotatable bonds is 2. The van der Waals surface area contributed by atoms with Gasteiger partial charge < -0.3 is 5.73 Å². The summed E-state index contributed by atoms with van der Waals surface area (Å²) in [5, 5.41) is 4.30. The number of nitrogens with two attached hydrogens (primary N) is 1. The first kappa shape index (κ1) is 13.3. The average molecular weight is 287 g/mol. The van der Waals surface area contributed by atoms with Crippen LogP contribution < -0.4 is 11.1 Å². The van der Waals surface area contributed by atoms with Gasteiger partial charge in [0, 0.05) is 11.6 Å². The Morgan fingerprint density at radius 3 is 2.68 bits per heavy atom. The fourth-order valence-corrected chi connectivity index (χ4v) is 1.98. The number of nitrogens with zero attached hydrogens (tertiary/aromatic N) is 1. The number of hydrogen-bond donors (Lipinski definition) is 2. The minimum absolute atomic E-state index is 0.231.